The molecule has 4 N–H and O–H groups in total. The molecule has 1 aromatic carbocycles. The third kappa shape index (κ3) is 6.01. The summed E-state index contributed by atoms with van der Waals surface area (Å²) in [4.78, 5) is 22.8. The van der Waals surface area contributed by atoms with E-state index in [2.05, 4.69) is 10.6 Å². The maximum absolute atomic E-state index is 11.5. The molecule has 5 nitrogen and oxygen atoms in total. The van der Waals surface area contributed by atoms with Gasteiger partial charge in [0.25, 0.3) is 5.91 Å². The maximum atomic E-state index is 11.5. The molecule has 0 aliphatic heterocycles. The normalized spacial score (nSPS) is 11.7. The number of rotatable bonds is 6. The van der Waals surface area contributed by atoms with E-state index in [9.17, 15) is 9.59 Å². The summed E-state index contributed by atoms with van der Waals surface area (Å²) in [5.41, 5.74) is 1.16. The Kier molecular flexibility index (Phi) is 6.60. The predicted molar refractivity (Wildman–Crippen MR) is 73.5 cm³/mol. The summed E-state index contributed by atoms with van der Waals surface area (Å²) >= 11 is 0. The summed E-state index contributed by atoms with van der Waals surface area (Å²) in [7, 11) is 0. The van der Waals surface area contributed by atoms with Crippen LogP contribution in [0.25, 0.3) is 0 Å². The number of urea groups is 1. The van der Waals surface area contributed by atoms with E-state index in [0.29, 0.717) is 6.54 Å². The monoisotopic (exact) mass is 264 g/mol. The van der Waals surface area contributed by atoms with Gasteiger partial charge in [-0.1, -0.05) is 37.3 Å². The molecule has 0 bridgehead atoms. The largest absolute Gasteiger partial charge is 0.338 e. The molecule has 104 valence electrons. The number of quaternary nitrogens is 1. The number of carbonyl (C=O) groups is 2. The van der Waals surface area contributed by atoms with E-state index in [-0.39, 0.29) is 18.5 Å². The highest BCUT2D eigenvalue weighted by Gasteiger charge is 2.12. The van der Waals surface area contributed by atoms with Crippen molar-refractivity contribution < 1.29 is 14.9 Å². The van der Waals surface area contributed by atoms with Crippen molar-refractivity contribution in [2.75, 3.05) is 13.1 Å². The van der Waals surface area contributed by atoms with Gasteiger partial charge in [0.15, 0.2) is 6.54 Å². The Morgan fingerprint density at radius 1 is 1.26 bits per heavy atom. The number of imide groups is 1. The van der Waals surface area contributed by atoms with Crippen LogP contribution in [0.15, 0.2) is 30.3 Å². The van der Waals surface area contributed by atoms with Crippen LogP contribution in [0.5, 0.6) is 0 Å². The highest BCUT2D eigenvalue weighted by Crippen LogP contribution is 2.05. The molecule has 0 radical (unpaired) electrons. The van der Waals surface area contributed by atoms with Gasteiger partial charge < -0.3 is 10.6 Å². The van der Waals surface area contributed by atoms with Crippen LogP contribution in [0.3, 0.4) is 0 Å². The Morgan fingerprint density at radius 3 is 2.58 bits per heavy atom. The number of benzene rings is 1. The first-order valence-electron chi connectivity index (χ1n) is 6.59. The van der Waals surface area contributed by atoms with Crippen LogP contribution < -0.4 is 16.0 Å². The van der Waals surface area contributed by atoms with Gasteiger partial charge in [0.05, 0.1) is 0 Å². The summed E-state index contributed by atoms with van der Waals surface area (Å²) in [6, 6.07) is 9.70. The fourth-order valence-corrected chi connectivity index (χ4v) is 1.64. The average Bonchev–Trinajstić information content (AvgIpc) is 2.43. The van der Waals surface area contributed by atoms with Gasteiger partial charge in [-0.15, -0.1) is 0 Å². The summed E-state index contributed by atoms with van der Waals surface area (Å²) < 4.78 is 0. The molecule has 0 heterocycles. The Balaban J connectivity index is 2.28. The smallest absolute Gasteiger partial charge is 0.321 e. The summed E-state index contributed by atoms with van der Waals surface area (Å²) in [6.07, 6.45) is 0.846. The number of nitrogens with one attached hydrogen (secondary N) is 2. The van der Waals surface area contributed by atoms with E-state index in [1.54, 1.807) is 0 Å². The van der Waals surface area contributed by atoms with Gasteiger partial charge in [-0.2, -0.15) is 0 Å². The van der Waals surface area contributed by atoms with Gasteiger partial charge in [0.1, 0.15) is 6.04 Å². The van der Waals surface area contributed by atoms with Gasteiger partial charge >= 0.3 is 6.03 Å². The SMILES string of the molecule is CCCNC(=O)NC(=O)C[NH2+][C@@H](C)c1ccccc1. The second-order valence-electron chi connectivity index (χ2n) is 4.44. The van der Waals surface area contributed by atoms with Gasteiger partial charge in [-0.05, 0) is 13.3 Å². The number of hydrogen-bond acceptors (Lipinski definition) is 2. The third-order valence-electron chi connectivity index (χ3n) is 2.77. The standard InChI is InChI=1S/C14H21N3O2/c1-3-9-15-14(19)17-13(18)10-16-11(2)12-7-5-4-6-8-12/h4-8,11,16H,3,9-10H2,1-2H3,(H2,15,17,18,19)/p+1/t11-/m0/s1. The zero-order valence-electron chi connectivity index (χ0n) is 11.5. The lowest BCUT2D eigenvalue weighted by molar-refractivity contribution is -0.682. The molecule has 1 atom stereocenters. The van der Waals surface area contributed by atoms with Crippen molar-refractivity contribution in [3.8, 4) is 0 Å². The minimum atomic E-state index is -0.424. The minimum absolute atomic E-state index is 0.186. The van der Waals surface area contributed by atoms with Crippen LogP contribution in [-0.4, -0.2) is 25.0 Å². The lowest BCUT2D eigenvalue weighted by Crippen LogP contribution is -2.87. The van der Waals surface area contributed by atoms with Crippen molar-refractivity contribution in [1.29, 1.82) is 0 Å². The zero-order chi connectivity index (χ0) is 14.1. The van der Waals surface area contributed by atoms with E-state index in [1.165, 1.54) is 0 Å². The van der Waals surface area contributed by atoms with E-state index in [4.69, 9.17) is 0 Å². The Labute approximate surface area is 113 Å². The van der Waals surface area contributed by atoms with E-state index in [1.807, 2.05) is 49.5 Å². The van der Waals surface area contributed by atoms with Gasteiger partial charge in [0.2, 0.25) is 0 Å². The van der Waals surface area contributed by atoms with E-state index in [0.717, 1.165) is 12.0 Å². The molecular weight excluding hydrogens is 242 g/mol. The molecule has 1 aromatic rings. The first kappa shape index (κ1) is 15.2. The van der Waals surface area contributed by atoms with Crippen molar-refractivity contribution in [1.82, 2.24) is 10.6 Å². The summed E-state index contributed by atoms with van der Waals surface area (Å²) in [5.74, 6) is -0.281. The predicted octanol–water partition coefficient (Wildman–Crippen LogP) is 0.547. The fraction of sp³-hybridized carbons (Fsp3) is 0.429. The number of carbonyl (C=O) groups excluding carboxylic acids is 2. The van der Waals surface area contributed by atoms with E-state index >= 15 is 0 Å². The van der Waals surface area contributed by atoms with Gasteiger partial charge in [-0.25, -0.2) is 4.79 Å². The molecule has 0 aromatic heterocycles. The number of nitrogens with two attached hydrogens (primary N) is 1. The molecule has 0 aliphatic rings. The highest BCUT2D eigenvalue weighted by atomic mass is 16.2. The quantitative estimate of drug-likeness (QED) is 0.702. The van der Waals surface area contributed by atoms with Crippen LogP contribution in [0.1, 0.15) is 31.9 Å². The molecule has 0 saturated carbocycles. The molecule has 3 amide bonds. The third-order valence-corrected chi connectivity index (χ3v) is 2.77. The molecule has 1 rings (SSSR count). The van der Waals surface area contributed by atoms with Crippen molar-refractivity contribution in [2.24, 2.45) is 0 Å². The summed E-state index contributed by atoms with van der Waals surface area (Å²) in [6.45, 7) is 4.79. The minimum Gasteiger partial charge on any atom is -0.338 e. The molecule has 0 fully saturated rings. The molecule has 0 aliphatic carbocycles. The first-order chi connectivity index (χ1) is 9.13. The van der Waals surface area contributed by atoms with Crippen molar-refractivity contribution >= 4 is 11.9 Å². The Bertz CT molecular complexity index is 406. The maximum Gasteiger partial charge on any atom is 0.321 e. The van der Waals surface area contributed by atoms with Crippen LogP contribution >= 0.6 is 0 Å². The fourth-order valence-electron chi connectivity index (χ4n) is 1.64. The van der Waals surface area contributed by atoms with Gasteiger partial charge in [0, 0.05) is 12.1 Å². The number of amides is 3. The topological polar surface area (TPSA) is 74.8 Å². The Hall–Kier alpha value is -1.88. The second-order valence-corrected chi connectivity index (χ2v) is 4.44. The highest BCUT2D eigenvalue weighted by molar-refractivity contribution is 5.94. The lowest BCUT2D eigenvalue weighted by Gasteiger charge is -2.10. The van der Waals surface area contributed by atoms with Crippen molar-refractivity contribution in [3.63, 3.8) is 0 Å². The lowest BCUT2D eigenvalue weighted by atomic mass is 10.1. The van der Waals surface area contributed by atoms with Crippen LogP contribution in [0.2, 0.25) is 0 Å². The van der Waals surface area contributed by atoms with Gasteiger partial charge in [-0.3, -0.25) is 10.1 Å². The molecule has 5 heteroatoms. The average molecular weight is 264 g/mol. The van der Waals surface area contributed by atoms with Crippen LogP contribution in [0.4, 0.5) is 4.79 Å². The first-order valence-corrected chi connectivity index (χ1v) is 6.59. The van der Waals surface area contributed by atoms with Crippen LogP contribution in [-0.2, 0) is 4.79 Å². The molecular formula is C14H22N3O2+. The molecule has 0 unspecified atom stereocenters. The zero-order valence-corrected chi connectivity index (χ0v) is 11.5. The Morgan fingerprint density at radius 2 is 1.95 bits per heavy atom. The van der Waals surface area contributed by atoms with Crippen molar-refractivity contribution in [2.45, 2.75) is 26.3 Å². The van der Waals surface area contributed by atoms with E-state index < -0.39 is 6.03 Å². The molecule has 0 saturated heterocycles. The second kappa shape index (κ2) is 8.26. The summed E-state index contributed by atoms with van der Waals surface area (Å²) in [5, 5.41) is 6.80. The molecule has 0 spiro atoms. The molecule has 19 heavy (non-hydrogen) atoms. The van der Waals surface area contributed by atoms with Crippen molar-refractivity contribution in [3.05, 3.63) is 35.9 Å². The number of hydrogen-bond donors (Lipinski definition) is 3. The van der Waals surface area contributed by atoms with Crippen LogP contribution in [0, 0.1) is 0 Å².